The van der Waals surface area contributed by atoms with Gasteiger partial charge in [-0.15, -0.1) is 0 Å². The Kier molecular flexibility index (Phi) is 3.74. The molecule has 2 aromatic rings. The maximum Gasteiger partial charge on any atom is 0.451 e. The van der Waals surface area contributed by atoms with Gasteiger partial charge < -0.3 is 10.7 Å². The Morgan fingerprint density at radius 2 is 2.00 bits per heavy atom. The minimum absolute atomic E-state index is 0.00549. The van der Waals surface area contributed by atoms with Gasteiger partial charge in [-0.05, 0) is 6.07 Å². The molecular weight excluding hydrogens is 275 g/mol. The van der Waals surface area contributed by atoms with E-state index < -0.39 is 12.0 Å². The van der Waals surface area contributed by atoms with Crippen LogP contribution in [0, 0.1) is 0 Å². The third kappa shape index (κ3) is 3.35. The summed E-state index contributed by atoms with van der Waals surface area (Å²) < 4.78 is 39.4. The number of halogens is 3. The summed E-state index contributed by atoms with van der Waals surface area (Å²) >= 11 is 0. The van der Waals surface area contributed by atoms with Gasteiger partial charge in [-0.1, -0.05) is 0 Å². The average Bonchev–Trinajstić information content (AvgIpc) is 2.81. The Morgan fingerprint density at radius 3 is 2.55 bits per heavy atom. The van der Waals surface area contributed by atoms with Gasteiger partial charge >= 0.3 is 6.18 Å². The van der Waals surface area contributed by atoms with Crippen LogP contribution in [0.4, 0.5) is 24.8 Å². The van der Waals surface area contributed by atoms with Crippen molar-refractivity contribution in [3.05, 3.63) is 29.8 Å². The molecule has 0 aromatic carbocycles. The van der Waals surface area contributed by atoms with Crippen LogP contribution in [0.1, 0.15) is 11.5 Å². The number of nitrogen functional groups attached to an aromatic ring is 1. The number of alkyl halides is 3. The lowest BCUT2D eigenvalue weighted by atomic mass is 10.4. The highest BCUT2D eigenvalue weighted by Crippen LogP contribution is 2.28. The van der Waals surface area contributed by atoms with Crippen LogP contribution in [0.3, 0.4) is 0 Å². The van der Waals surface area contributed by atoms with Gasteiger partial charge in [0.1, 0.15) is 11.6 Å². The first kappa shape index (κ1) is 14.1. The zero-order valence-electron chi connectivity index (χ0n) is 10.4. The minimum atomic E-state index is -4.64. The molecule has 0 bridgehead atoms. The maximum atomic E-state index is 12.6. The molecule has 10 heteroatoms. The third-order valence-electron chi connectivity index (χ3n) is 2.35. The number of hydrogen-bond donors (Lipinski definition) is 3. The van der Waals surface area contributed by atoms with Gasteiger partial charge in [-0.2, -0.15) is 18.3 Å². The normalized spacial score (nSPS) is 11.4. The molecule has 0 aliphatic heterocycles. The molecule has 0 radical (unpaired) electrons. The summed E-state index contributed by atoms with van der Waals surface area (Å²) in [5.41, 5.74) is 2.74. The van der Waals surface area contributed by atoms with E-state index in [-0.39, 0.29) is 18.2 Å². The Bertz CT molecular complexity index is 593. The number of hydrogen-bond acceptors (Lipinski definition) is 6. The number of hydrazine groups is 1. The minimum Gasteiger partial charge on any atom is -0.364 e. The van der Waals surface area contributed by atoms with E-state index in [1.165, 1.54) is 6.07 Å². The Balaban J connectivity index is 2.18. The number of anilines is 2. The van der Waals surface area contributed by atoms with Crippen molar-refractivity contribution in [2.45, 2.75) is 12.7 Å². The zero-order valence-corrected chi connectivity index (χ0v) is 10.4. The van der Waals surface area contributed by atoms with Crippen molar-refractivity contribution in [1.29, 1.82) is 0 Å². The molecule has 0 unspecified atom stereocenters. The molecule has 2 aromatic heterocycles. The van der Waals surface area contributed by atoms with Crippen LogP contribution >= 0.6 is 0 Å². The van der Waals surface area contributed by atoms with E-state index in [4.69, 9.17) is 5.84 Å². The Labute approximate surface area is 112 Å². The first-order valence-corrected chi connectivity index (χ1v) is 5.54. The predicted octanol–water partition coefficient (Wildman–Crippen LogP) is 1.13. The second-order valence-corrected chi connectivity index (χ2v) is 3.94. The van der Waals surface area contributed by atoms with E-state index >= 15 is 0 Å². The van der Waals surface area contributed by atoms with Crippen molar-refractivity contribution < 1.29 is 13.2 Å². The number of nitrogens with zero attached hydrogens (tertiary/aromatic N) is 4. The summed E-state index contributed by atoms with van der Waals surface area (Å²) in [6.45, 7) is 0.235. The van der Waals surface area contributed by atoms with Gasteiger partial charge in [0.25, 0.3) is 0 Å². The fraction of sp³-hybridized carbons (Fsp3) is 0.300. The summed E-state index contributed by atoms with van der Waals surface area (Å²) in [5, 5.41) is 6.83. The summed E-state index contributed by atoms with van der Waals surface area (Å²) in [7, 11) is 1.74. The molecule has 0 atom stereocenters. The second-order valence-electron chi connectivity index (χ2n) is 3.94. The van der Waals surface area contributed by atoms with Gasteiger partial charge in [0.05, 0.1) is 12.2 Å². The number of aryl methyl sites for hydroxylation is 1. The topological polar surface area (TPSA) is 93.7 Å². The highest BCUT2D eigenvalue weighted by Gasteiger charge is 2.35. The van der Waals surface area contributed by atoms with Crippen LogP contribution in [0.2, 0.25) is 0 Å². The van der Waals surface area contributed by atoms with E-state index in [0.29, 0.717) is 5.69 Å². The maximum absolute atomic E-state index is 12.6. The van der Waals surface area contributed by atoms with Crippen molar-refractivity contribution >= 4 is 11.6 Å². The summed E-state index contributed by atoms with van der Waals surface area (Å²) in [6, 6.07) is 3.01. The van der Waals surface area contributed by atoms with Crippen LogP contribution in [-0.2, 0) is 19.8 Å². The number of rotatable bonds is 4. The molecule has 0 saturated heterocycles. The van der Waals surface area contributed by atoms with Crippen molar-refractivity contribution in [1.82, 2.24) is 19.7 Å². The lowest BCUT2D eigenvalue weighted by molar-refractivity contribution is -0.144. The molecule has 0 saturated carbocycles. The van der Waals surface area contributed by atoms with Gasteiger partial charge in [0.2, 0.25) is 5.82 Å². The lowest BCUT2D eigenvalue weighted by Gasteiger charge is -2.10. The van der Waals surface area contributed by atoms with Gasteiger partial charge in [0.15, 0.2) is 0 Å². The number of nitrogens with one attached hydrogen (secondary N) is 2. The van der Waals surface area contributed by atoms with Crippen LogP contribution < -0.4 is 16.6 Å². The highest BCUT2D eigenvalue weighted by molar-refractivity contribution is 5.47. The molecule has 108 valence electrons. The lowest BCUT2D eigenvalue weighted by Crippen LogP contribution is -2.17. The second kappa shape index (κ2) is 5.33. The van der Waals surface area contributed by atoms with E-state index in [0.717, 1.165) is 0 Å². The third-order valence-corrected chi connectivity index (χ3v) is 2.35. The highest BCUT2D eigenvalue weighted by atomic mass is 19.4. The van der Waals surface area contributed by atoms with Crippen molar-refractivity contribution in [3.8, 4) is 0 Å². The van der Waals surface area contributed by atoms with Crippen molar-refractivity contribution in [2.24, 2.45) is 12.9 Å². The molecule has 20 heavy (non-hydrogen) atoms. The van der Waals surface area contributed by atoms with Gasteiger partial charge in [-0.25, -0.2) is 15.8 Å². The molecule has 0 fully saturated rings. The van der Waals surface area contributed by atoms with Crippen LogP contribution in [0.15, 0.2) is 18.3 Å². The molecule has 0 amide bonds. The van der Waals surface area contributed by atoms with E-state index in [1.54, 1.807) is 24.0 Å². The molecule has 2 rings (SSSR count). The molecule has 0 aliphatic rings. The van der Waals surface area contributed by atoms with Gasteiger partial charge in [-0.3, -0.25) is 4.68 Å². The smallest absolute Gasteiger partial charge is 0.364 e. The number of nitrogens with two attached hydrogens (primary N) is 1. The predicted molar refractivity (Wildman–Crippen MR) is 65.4 cm³/mol. The molecule has 0 spiro atoms. The molecule has 4 N–H and O–H groups in total. The fourth-order valence-electron chi connectivity index (χ4n) is 1.48. The molecule has 7 nitrogen and oxygen atoms in total. The Hall–Kier alpha value is -2.36. The van der Waals surface area contributed by atoms with Crippen molar-refractivity contribution in [2.75, 3.05) is 10.7 Å². The first-order chi connectivity index (χ1) is 9.38. The van der Waals surface area contributed by atoms with Gasteiger partial charge in [0, 0.05) is 19.3 Å². The average molecular weight is 287 g/mol. The van der Waals surface area contributed by atoms with Crippen LogP contribution in [-0.4, -0.2) is 19.7 Å². The van der Waals surface area contributed by atoms with Crippen LogP contribution in [0.5, 0.6) is 0 Å². The molecular formula is C10H12F3N7. The standard InChI is InChI=1S/C10H12F3N7/c1-20-3-2-6(19-20)5-15-7-4-8(18-14)17-9(16-7)10(11,12)13/h2-4H,5,14H2,1H3,(H2,15,16,17,18). The first-order valence-electron chi connectivity index (χ1n) is 5.54. The fourth-order valence-corrected chi connectivity index (χ4v) is 1.48. The Morgan fingerprint density at radius 1 is 1.30 bits per heavy atom. The zero-order chi connectivity index (χ0) is 14.8. The van der Waals surface area contributed by atoms with E-state index in [2.05, 4.69) is 25.8 Å². The van der Waals surface area contributed by atoms with E-state index in [9.17, 15) is 13.2 Å². The summed E-state index contributed by atoms with van der Waals surface area (Å²) in [6.07, 6.45) is -2.92. The van der Waals surface area contributed by atoms with Crippen LogP contribution in [0.25, 0.3) is 0 Å². The molecule has 0 aliphatic carbocycles. The monoisotopic (exact) mass is 287 g/mol. The number of aromatic nitrogens is 4. The molecule has 2 heterocycles. The largest absolute Gasteiger partial charge is 0.451 e. The van der Waals surface area contributed by atoms with E-state index in [1.807, 2.05) is 0 Å². The summed E-state index contributed by atoms with van der Waals surface area (Å²) in [5.74, 6) is 3.70. The van der Waals surface area contributed by atoms with Crippen molar-refractivity contribution in [3.63, 3.8) is 0 Å². The quantitative estimate of drug-likeness (QED) is 0.576. The summed E-state index contributed by atoms with van der Waals surface area (Å²) in [4.78, 5) is 6.65. The SMILES string of the molecule is Cn1ccc(CNc2cc(NN)nc(C(F)(F)F)n2)n1.